The van der Waals surface area contributed by atoms with Gasteiger partial charge in [0.05, 0.1) is 12.1 Å². The van der Waals surface area contributed by atoms with Crippen LogP contribution in [0.5, 0.6) is 0 Å². The first-order valence-corrected chi connectivity index (χ1v) is 9.17. The Morgan fingerprint density at radius 3 is 2.61 bits per heavy atom. The monoisotopic (exact) mass is 395 g/mol. The molecule has 0 saturated carbocycles. The molecule has 152 valence electrons. The Hall–Kier alpha value is -2.78. The summed E-state index contributed by atoms with van der Waals surface area (Å²) in [5.41, 5.74) is -0.0292. The van der Waals surface area contributed by atoms with Gasteiger partial charge in [-0.15, -0.1) is 10.2 Å². The maximum Gasteiger partial charge on any atom is 0.416 e. The Kier molecular flexibility index (Phi) is 6.05. The lowest BCUT2D eigenvalue weighted by molar-refractivity contribution is -0.137. The molecule has 10 heteroatoms. The van der Waals surface area contributed by atoms with Crippen molar-refractivity contribution in [3.63, 3.8) is 0 Å². The van der Waals surface area contributed by atoms with E-state index in [1.165, 1.54) is 12.1 Å². The minimum Gasteiger partial charge on any atom is -0.368 e. The van der Waals surface area contributed by atoms with E-state index in [4.69, 9.17) is 0 Å². The predicted octanol–water partition coefficient (Wildman–Crippen LogP) is 2.21. The lowest BCUT2D eigenvalue weighted by Crippen LogP contribution is -2.52. The normalized spacial score (nSPS) is 15.8. The lowest BCUT2D eigenvalue weighted by atomic mass is 10.1. The van der Waals surface area contributed by atoms with Crippen molar-refractivity contribution in [2.75, 3.05) is 38.1 Å². The smallest absolute Gasteiger partial charge is 0.368 e. The first-order valence-electron chi connectivity index (χ1n) is 9.17. The number of benzene rings is 1. The van der Waals surface area contributed by atoms with Crippen LogP contribution in [0.2, 0.25) is 0 Å². The lowest BCUT2D eigenvalue weighted by Gasteiger charge is -2.37. The van der Waals surface area contributed by atoms with Crippen LogP contribution in [0.4, 0.5) is 18.9 Å². The van der Waals surface area contributed by atoms with Crippen molar-refractivity contribution in [1.29, 1.82) is 0 Å². The van der Waals surface area contributed by atoms with Crippen LogP contribution >= 0.6 is 0 Å². The molecule has 28 heavy (non-hydrogen) atoms. The van der Waals surface area contributed by atoms with Gasteiger partial charge >= 0.3 is 6.18 Å². The number of halogens is 3. The fraction of sp³-hybridized carbons (Fsp3) is 0.500. The first kappa shape index (κ1) is 20.0. The number of nitrogens with one attached hydrogen (secondary N) is 1. The summed E-state index contributed by atoms with van der Waals surface area (Å²) in [5.74, 6) is 1.57. The molecule has 7 nitrogen and oxygen atoms in total. The molecule has 2 aromatic rings. The van der Waals surface area contributed by atoms with Crippen molar-refractivity contribution in [2.24, 2.45) is 4.99 Å². The minimum atomic E-state index is -4.33. The number of hydrogen-bond donors (Lipinski definition) is 1. The molecule has 1 aromatic heterocycles. The third-order valence-electron chi connectivity index (χ3n) is 4.77. The molecule has 1 aliphatic heterocycles. The molecule has 1 aliphatic rings. The SMILES string of the molecule is CCn1cnnc1CNC(=NC)N1CCN(c2cccc(C(F)(F)F)c2)CC1. The molecular formula is C18H24F3N7. The van der Waals surface area contributed by atoms with Gasteiger partial charge < -0.3 is 19.7 Å². The van der Waals surface area contributed by atoms with Crippen LogP contribution in [-0.2, 0) is 19.3 Å². The number of guanidine groups is 1. The zero-order valence-corrected chi connectivity index (χ0v) is 15.9. The summed E-state index contributed by atoms with van der Waals surface area (Å²) in [6, 6.07) is 5.48. The summed E-state index contributed by atoms with van der Waals surface area (Å²) in [6.45, 7) is 5.88. The molecule has 0 aliphatic carbocycles. The van der Waals surface area contributed by atoms with Gasteiger partial charge in [-0.25, -0.2) is 0 Å². The second kappa shape index (κ2) is 8.49. The number of anilines is 1. The summed E-state index contributed by atoms with van der Waals surface area (Å²) in [7, 11) is 1.71. The van der Waals surface area contributed by atoms with Crippen LogP contribution < -0.4 is 10.2 Å². The van der Waals surface area contributed by atoms with E-state index in [1.807, 2.05) is 16.4 Å². The van der Waals surface area contributed by atoms with Crippen molar-refractivity contribution >= 4 is 11.6 Å². The fourth-order valence-corrected chi connectivity index (χ4v) is 3.23. The van der Waals surface area contributed by atoms with Crippen LogP contribution in [0.1, 0.15) is 18.3 Å². The van der Waals surface area contributed by atoms with E-state index in [0.717, 1.165) is 24.4 Å². The number of piperazine rings is 1. The Morgan fingerprint density at radius 2 is 1.96 bits per heavy atom. The largest absolute Gasteiger partial charge is 0.416 e. The molecule has 0 spiro atoms. The molecule has 2 heterocycles. The van der Waals surface area contributed by atoms with Gasteiger partial charge in [0, 0.05) is 45.5 Å². The van der Waals surface area contributed by atoms with Crippen LogP contribution in [0, 0.1) is 0 Å². The van der Waals surface area contributed by atoms with Crippen molar-refractivity contribution in [2.45, 2.75) is 26.2 Å². The third kappa shape index (κ3) is 4.55. The zero-order chi connectivity index (χ0) is 20.1. The van der Waals surface area contributed by atoms with Gasteiger partial charge in [0.2, 0.25) is 0 Å². The number of aromatic nitrogens is 3. The maximum atomic E-state index is 12.9. The highest BCUT2D eigenvalue weighted by atomic mass is 19.4. The van der Waals surface area contributed by atoms with Crippen LogP contribution in [-0.4, -0.2) is 58.9 Å². The summed E-state index contributed by atoms with van der Waals surface area (Å²) in [4.78, 5) is 8.38. The number of aryl methyl sites for hydroxylation is 1. The fourth-order valence-electron chi connectivity index (χ4n) is 3.23. The topological polar surface area (TPSA) is 61.6 Å². The molecule has 1 fully saturated rings. The molecule has 0 amide bonds. The first-order chi connectivity index (χ1) is 13.4. The highest BCUT2D eigenvalue weighted by Gasteiger charge is 2.31. The third-order valence-corrected chi connectivity index (χ3v) is 4.77. The van der Waals surface area contributed by atoms with E-state index >= 15 is 0 Å². The van der Waals surface area contributed by atoms with E-state index in [9.17, 15) is 13.2 Å². The Bertz CT molecular complexity index is 808. The second-order valence-electron chi connectivity index (χ2n) is 6.46. The number of aliphatic imine (C=N–C) groups is 1. The van der Waals surface area contributed by atoms with Crippen LogP contribution in [0.25, 0.3) is 0 Å². The Labute approximate surface area is 161 Å². The van der Waals surface area contributed by atoms with E-state index in [1.54, 1.807) is 19.4 Å². The van der Waals surface area contributed by atoms with Gasteiger partial charge in [-0.2, -0.15) is 13.2 Å². The highest BCUT2D eigenvalue weighted by Crippen LogP contribution is 2.31. The minimum absolute atomic E-state index is 0.508. The van der Waals surface area contributed by atoms with Crippen molar-refractivity contribution in [1.82, 2.24) is 25.0 Å². The molecule has 0 unspecified atom stereocenters. The molecule has 1 aromatic carbocycles. The maximum absolute atomic E-state index is 12.9. The number of rotatable bonds is 4. The molecule has 0 atom stereocenters. The molecule has 0 bridgehead atoms. The molecule has 3 rings (SSSR count). The summed E-state index contributed by atoms with van der Waals surface area (Å²) in [5, 5.41) is 11.3. The van der Waals surface area contributed by atoms with Gasteiger partial charge in [0.15, 0.2) is 11.8 Å². The average molecular weight is 395 g/mol. The van der Waals surface area contributed by atoms with Gasteiger partial charge in [-0.1, -0.05) is 6.07 Å². The molecule has 1 N–H and O–H groups in total. The van der Waals surface area contributed by atoms with Gasteiger partial charge in [0.1, 0.15) is 6.33 Å². The second-order valence-corrected chi connectivity index (χ2v) is 6.46. The van der Waals surface area contributed by atoms with E-state index in [2.05, 4.69) is 25.4 Å². The molecular weight excluding hydrogens is 371 g/mol. The number of alkyl halides is 3. The zero-order valence-electron chi connectivity index (χ0n) is 15.9. The van der Waals surface area contributed by atoms with E-state index in [0.29, 0.717) is 38.4 Å². The number of hydrogen-bond acceptors (Lipinski definition) is 4. The predicted molar refractivity (Wildman–Crippen MR) is 101 cm³/mol. The highest BCUT2D eigenvalue weighted by molar-refractivity contribution is 5.80. The number of nitrogens with zero attached hydrogens (tertiary/aromatic N) is 6. The summed E-state index contributed by atoms with van der Waals surface area (Å²) in [6.07, 6.45) is -2.64. The van der Waals surface area contributed by atoms with Crippen molar-refractivity contribution < 1.29 is 13.2 Å². The van der Waals surface area contributed by atoms with Crippen LogP contribution in [0.15, 0.2) is 35.6 Å². The Morgan fingerprint density at radius 1 is 1.21 bits per heavy atom. The molecule has 0 radical (unpaired) electrons. The Balaban J connectivity index is 1.58. The van der Waals surface area contributed by atoms with Gasteiger partial charge in [-0.05, 0) is 25.1 Å². The standard InChI is InChI=1S/C18H24F3N7/c1-3-26-13-24-25-16(26)12-23-17(22-2)28-9-7-27(8-10-28)15-6-4-5-14(11-15)18(19,20)21/h4-6,11,13H,3,7-10,12H2,1-2H3,(H,22,23). The summed E-state index contributed by atoms with van der Waals surface area (Å²) < 4.78 is 40.8. The summed E-state index contributed by atoms with van der Waals surface area (Å²) >= 11 is 0. The molecule has 1 saturated heterocycles. The van der Waals surface area contributed by atoms with E-state index < -0.39 is 11.7 Å². The van der Waals surface area contributed by atoms with Crippen molar-refractivity contribution in [3.05, 3.63) is 42.0 Å². The average Bonchev–Trinajstić information content (AvgIpc) is 3.16. The van der Waals surface area contributed by atoms with E-state index in [-0.39, 0.29) is 0 Å². The van der Waals surface area contributed by atoms with Crippen molar-refractivity contribution in [3.8, 4) is 0 Å². The quantitative estimate of drug-likeness (QED) is 0.635. The van der Waals surface area contributed by atoms with Gasteiger partial charge in [0.25, 0.3) is 0 Å². The van der Waals surface area contributed by atoms with Crippen LogP contribution in [0.3, 0.4) is 0 Å². The van der Waals surface area contributed by atoms with Gasteiger partial charge in [-0.3, -0.25) is 4.99 Å².